The van der Waals surface area contributed by atoms with E-state index in [0.717, 1.165) is 18.4 Å². The van der Waals surface area contributed by atoms with Crippen molar-refractivity contribution in [3.05, 3.63) is 35.9 Å². The molecule has 1 aromatic carbocycles. The molecule has 0 heterocycles. The highest BCUT2D eigenvalue weighted by atomic mass is 31.2. The van der Waals surface area contributed by atoms with Gasteiger partial charge in [-0.3, -0.25) is 9.36 Å². The minimum Gasteiger partial charge on any atom is -0.481 e. The van der Waals surface area contributed by atoms with E-state index in [1.165, 1.54) is 0 Å². The van der Waals surface area contributed by atoms with Crippen LogP contribution >= 0.6 is 7.60 Å². The quantitative estimate of drug-likeness (QED) is 0.750. The lowest BCUT2D eigenvalue weighted by atomic mass is 9.89. The van der Waals surface area contributed by atoms with Crippen LogP contribution in [0.3, 0.4) is 0 Å². The highest BCUT2D eigenvalue weighted by Gasteiger charge is 2.47. The summed E-state index contributed by atoms with van der Waals surface area (Å²) in [5.41, 5.74) is -0.0830. The molecule has 1 aromatic rings. The van der Waals surface area contributed by atoms with E-state index in [-0.39, 0.29) is 6.16 Å². The topological polar surface area (TPSA) is 83.8 Å². The molecule has 0 spiro atoms. The molecule has 2 rings (SSSR count). The Balaban J connectivity index is 1.98. The Labute approximate surface area is 130 Å². The van der Waals surface area contributed by atoms with Gasteiger partial charge in [0.1, 0.15) is 0 Å². The maximum absolute atomic E-state index is 12.4. The summed E-state index contributed by atoms with van der Waals surface area (Å²) in [7, 11) is -3.93. The van der Waals surface area contributed by atoms with Gasteiger partial charge in [0.2, 0.25) is 0 Å². The molecule has 1 fully saturated rings. The molecule has 0 radical (unpaired) electrons. The summed E-state index contributed by atoms with van der Waals surface area (Å²) in [5, 5.41) is 9.41. The highest BCUT2D eigenvalue weighted by Crippen LogP contribution is 2.53. The van der Waals surface area contributed by atoms with Gasteiger partial charge in [-0.15, -0.1) is 0 Å². The predicted molar refractivity (Wildman–Crippen MR) is 83.9 cm³/mol. The monoisotopic (exact) mass is 326 g/mol. The third-order valence-electron chi connectivity index (χ3n) is 4.23. The van der Waals surface area contributed by atoms with Crippen LogP contribution in [0.2, 0.25) is 0 Å². The third-order valence-corrected chi connectivity index (χ3v) is 5.92. The Kier molecular flexibility index (Phi) is 5.43. The first-order valence-corrected chi connectivity index (χ1v) is 9.37. The number of carbonyl (C=O) groups is 1. The van der Waals surface area contributed by atoms with E-state index in [4.69, 9.17) is 4.52 Å². The molecule has 0 aliphatic heterocycles. The molecule has 0 aromatic heterocycles. The Bertz CT molecular complexity index is 551. The molecule has 22 heavy (non-hydrogen) atoms. The van der Waals surface area contributed by atoms with Crippen LogP contribution in [0, 0.1) is 5.41 Å². The Morgan fingerprint density at radius 2 is 1.91 bits per heavy atom. The first-order valence-electron chi connectivity index (χ1n) is 7.61. The maximum atomic E-state index is 12.4. The molecule has 2 unspecified atom stereocenters. The van der Waals surface area contributed by atoms with Crippen LogP contribution in [0.5, 0.6) is 0 Å². The van der Waals surface area contributed by atoms with E-state index in [1.807, 2.05) is 30.3 Å². The van der Waals surface area contributed by atoms with Crippen LogP contribution < -0.4 is 0 Å². The average molecular weight is 326 g/mol. The van der Waals surface area contributed by atoms with Gasteiger partial charge in [0.15, 0.2) is 0 Å². The van der Waals surface area contributed by atoms with Crippen LogP contribution in [-0.2, 0) is 20.3 Å². The van der Waals surface area contributed by atoms with E-state index in [2.05, 4.69) is 0 Å². The van der Waals surface area contributed by atoms with E-state index >= 15 is 0 Å². The molecule has 1 saturated carbocycles. The van der Waals surface area contributed by atoms with Gasteiger partial charge in [0, 0.05) is 0 Å². The molecular weight excluding hydrogens is 303 g/mol. The molecule has 2 atom stereocenters. The molecule has 5 nitrogen and oxygen atoms in total. The molecular formula is C16H23O5P. The van der Waals surface area contributed by atoms with Crippen molar-refractivity contribution in [3.63, 3.8) is 0 Å². The Morgan fingerprint density at radius 1 is 1.32 bits per heavy atom. The summed E-state index contributed by atoms with van der Waals surface area (Å²) in [6, 6.07) is 9.56. The number of carboxylic acids is 1. The molecule has 0 bridgehead atoms. The van der Waals surface area contributed by atoms with Crippen LogP contribution in [0.1, 0.15) is 38.2 Å². The van der Waals surface area contributed by atoms with E-state index < -0.39 is 25.1 Å². The number of rotatable bonds is 7. The summed E-state index contributed by atoms with van der Waals surface area (Å²) in [5.74, 6) is -0.987. The summed E-state index contributed by atoms with van der Waals surface area (Å²) in [6.07, 6.45) is 2.25. The first-order chi connectivity index (χ1) is 10.3. The summed E-state index contributed by atoms with van der Waals surface area (Å²) in [6.45, 7) is 1.73. The van der Waals surface area contributed by atoms with Crippen molar-refractivity contribution in [2.45, 2.75) is 45.1 Å². The van der Waals surface area contributed by atoms with Gasteiger partial charge in [0.05, 0.1) is 17.7 Å². The van der Waals surface area contributed by atoms with Gasteiger partial charge >= 0.3 is 13.6 Å². The van der Waals surface area contributed by atoms with Crippen molar-refractivity contribution in [1.82, 2.24) is 0 Å². The van der Waals surface area contributed by atoms with E-state index in [9.17, 15) is 19.4 Å². The summed E-state index contributed by atoms with van der Waals surface area (Å²) < 4.78 is 17.7. The van der Waals surface area contributed by atoms with Crippen molar-refractivity contribution >= 4 is 13.6 Å². The Hall–Kier alpha value is -1.16. The Morgan fingerprint density at radius 3 is 2.45 bits per heavy atom. The third kappa shape index (κ3) is 4.42. The van der Waals surface area contributed by atoms with Gasteiger partial charge in [-0.25, -0.2) is 0 Å². The average Bonchev–Trinajstić information content (AvgIpc) is 2.88. The van der Waals surface area contributed by atoms with Crippen molar-refractivity contribution in [2.75, 3.05) is 6.16 Å². The standard InChI is InChI=1S/C16H23O5P/c1-13(11-14-7-3-2-4-8-14)21-22(19,20)12-16(15(17)18)9-5-6-10-16/h2-4,7-8,13H,5-6,9-12H2,1H3,(H,17,18)(H,19,20). The SMILES string of the molecule is CC(Cc1ccccc1)OP(=O)(O)CC1(C(=O)O)CCCC1. The zero-order valence-corrected chi connectivity index (χ0v) is 13.7. The van der Waals surface area contributed by atoms with Gasteiger partial charge in [0.25, 0.3) is 0 Å². The lowest BCUT2D eigenvalue weighted by Gasteiger charge is -2.27. The number of aliphatic carboxylic acids is 1. The summed E-state index contributed by atoms with van der Waals surface area (Å²) in [4.78, 5) is 21.6. The predicted octanol–water partition coefficient (Wildman–Crippen LogP) is 3.46. The number of hydrogen-bond donors (Lipinski definition) is 2. The zero-order chi connectivity index (χ0) is 16.2. The highest BCUT2D eigenvalue weighted by molar-refractivity contribution is 7.52. The number of benzene rings is 1. The number of carboxylic acid groups (broad SMARTS) is 1. The lowest BCUT2D eigenvalue weighted by Crippen LogP contribution is -2.32. The second-order valence-corrected chi connectivity index (χ2v) is 8.00. The molecule has 6 heteroatoms. The molecule has 0 amide bonds. The second kappa shape index (κ2) is 6.95. The van der Waals surface area contributed by atoms with Crippen LogP contribution in [0.15, 0.2) is 30.3 Å². The van der Waals surface area contributed by atoms with Crippen LogP contribution in [0.25, 0.3) is 0 Å². The minimum absolute atomic E-state index is 0.297. The maximum Gasteiger partial charge on any atom is 0.329 e. The first kappa shape index (κ1) is 17.2. The van der Waals surface area contributed by atoms with E-state index in [0.29, 0.717) is 19.3 Å². The van der Waals surface area contributed by atoms with Crippen LogP contribution in [0.4, 0.5) is 0 Å². The normalized spacial score (nSPS) is 21.2. The van der Waals surface area contributed by atoms with Crippen molar-refractivity contribution < 1.29 is 23.9 Å². The smallest absolute Gasteiger partial charge is 0.329 e. The largest absolute Gasteiger partial charge is 0.481 e. The minimum atomic E-state index is -3.93. The van der Waals surface area contributed by atoms with Crippen molar-refractivity contribution in [1.29, 1.82) is 0 Å². The fourth-order valence-electron chi connectivity index (χ4n) is 3.18. The van der Waals surface area contributed by atoms with E-state index in [1.54, 1.807) is 6.92 Å². The van der Waals surface area contributed by atoms with Crippen molar-refractivity contribution in [3.8, 4) is 0 Å². The zero-order valence-electron chi connectivity index (χ0n) is 12.8. The van der Waals surface area contributed by atoms with Crippen molar-refractivity contribution in [2.24, 2.45) is 5.41 Å². The van der Waals surface area contributed by atoms with Gasteiger partial charge in [-0.2, -0.15) is 0 Å². The molecule has 1 aliphatic rings. The van der Waals surface area contributed by atoms with Crippen LogP contribution in [-0.4, -0.2) is 28.2 Å². The van der Waals surface area contributed by atoms with Gasteiger partial charge in [-0.05, 0) is 31.7 Å². The number of hydrogen-bond acceptors (Lipinski definition) is 3. The van der Waals surface area contributed by atoms with Gasteiger partial charge < -0.3 is 14.5 Å². The molecule has 122 valence electrons. The second-order valence-electron chi connectivity index (χ2n) is 6.19. The fraction of sp³-hybridized carbons (Fsp3) is 0.562. The fourth-order valence-corrected chi connectivity index (χ4v) is 5.10. The molecule has 2 N–H and O–H groups in total. The molecule has 1 aliphatic carbocycles. The van der Waals surface area contributed by atoms with Gasteiger partial charge in [-0.1, -0.05) is 43.2 Å². The summed E-state index contributed by atoms with van der Waals surface area (Å²) >= 11 is 0. The lowest BCUT2D eigenvalue weighted by molar-refractivity contribution is -0.147. The molecule has 0 saturated heterocycles.